The fraction of sp³-hybridized carbons (Fsp3) is 0.500. The summed E-state index contributed by atoms with van der Waals surface area (Å²) in [7, 11) is 0. The van der Waals surface area contributed by atoms with E-state index in [9.17, 15) is 0 Å². The maximum Gasteiger partial charge on any atom is 0.225 e. The Labute approximate surface area is 87.2 Å². The smallest absolute Gasteiger partial charge is 0.225 e. The zero-order chi connectivity index (χ0) is 11.0. The molecule has 2 heterocycles. The van der Waals surface area contributed by atoms with Crippen molar-refractivity contribution < 1.29 is 0 Å². The molecule has 7 nitrogen and oxygen atoms in total. The number of nitrogens with zero attached hydrogens (tertiary/aromatic N) is 5. The lowest BCUT2D eigenvalue weighted by atomic mass is 10.6. The maximum absolute atomic E-state index is 5.75. The van der Waals surface area contributed by atoms with Crippen LogP contribution in [0.15, 0.2) is 6.33 Å². The number of imidazole rings is 1. The molecule has 7 heteroatoms. The van der Waals surface area contributed by atoms with Crippen molar-refractivity contribution in [1.82, 2.24) is 19.3 Å². The molecule has 0 aliphatic heterocycles. The number of nitrogen functional groups attached to an aromatic ring is 2. The van der Waals surface area contributed by atoms with E-state index in [4.69, 9.17) is 11.5 Å². The Morgan fingerprint density at radius 2 is 2.00 bits per heavy atom. The van der Waals surface area contributed by atoms with Gasteiger partial charge in [0, 0.05) is 13.1 Å². The number of aromatic nitrogens is 4. The van der Waals surface area contributed by atoms with Crippen molar-refractivity contribution in [2.75, 3.05) is 29.6 Å². The van der Waals surface area contributed by atoms with E-state index in [-0.39, 0.29) is 0 Å². The minimum atomic E-state index is 0.354. The van der Waals surface area contributed by atoms with E-state index >= 15 is 0 Å². The SMILES string of the molecule is CCN(CC)n1cnc2c(N)nc(N)n21. The first-order valence-electron chi connectivity index (χ1n) is 4.91. The molecule has 0 unspecified atom stereocenters. The van der Waals surface area contributed by atoms with Gasteiger partial charge in [-0.2, -0.15) is 14.3 Å². The molecule has 15 heavy (non-hydrogen) atoms. The van der Waals surface area contributed by atoms with E-state index in [1.807, 2.05) is 4.79 Å². The zero-order valence-electron chi connectivity index (χ0n) is 8.88. The highest BCUT2D eigenvalue weighted by atomic mass is 15.7. The Morgan fingerprint density at radius 3 is 2.60 bits per heavy atom. The van der Waals surface area contributed by atoms with Gasteiger partial charge in [-0.1, -0.05) is 0 Å². The molecule has 0 spiro atoms. The highest BCUT2D eigenvalue weighted by molar-refractivity contribution is 5.63. The molecule has 0 amide bonds. The molecule has 2 rings (SSSR count). The van der Waals surface area contributed by atoms with Gasteiger partial charge in [-0.3, -0.25) is 5.01 Å². The third-order valence-corrected chi connectivity index (χ3v) is 2.39. The fourth-order valence-electron chi connectivity index (χ4n) is 1.63. The van der Waals surface area contributed by atoms with E-state index in [0.717, 1.165) is 13.1 Å². The summed E-state index contributed by atoms with van der Waals surface area (Å²) in [4.78, 5) is 9.97. The Balaban J connectivity index is 2.61. The van der Waals surface area contributed by atoms with Gasteiger partial charge >= 0.3 is 0 Å². The minimum Gasteiger partial charge on any atom is -0.380 e. The van der Waals surface area contributed by atoms with Gasteiger partial charge in [0.2, 0.25) is 11.6 Å². The summed E-state index contributed by atoms with van der Waals surface area (Å²) < 4.78 is 1.70. The van der Waals surface area contributed by atoms with Crippen LogP contribution in [0.4, 0.5) is 11.8 Å². The van der Waals surface area contributed by atoms with Gasteiger partial charge in [0.1, 0.15) is 6.33 Å². The van der Waals surface area contributed by atoms with Crippen LogP contribution >= 0.6 is 0 Å². The molecule has 2 aromatic heterocycles. The van der Waals surface area contributed by atoms with Gasteiger partial charge in [0.05, 0.1) is 0 Å². The predicted octanol–water partition coefficient (Wildman–Crippen LogP) is -0.327. The molecule has 4 N–H and O–H groups in total. The standard InChI is InChI=1S/C8H15N7/c1-3-13(4-2)14-5-11-7-6(9)12-8(10)15(7)14/h5H,3-4,9H2,1-2H3,(H2,10,12). The number of hydrogen-bond acceptors (Lipinski definition) is 5. The zero-order valence-corrected chi connectivity index (χ0v) is 8.88. The summed E-state index contributed by atoms with van der Waals surface area (Å²) in [5, 5.41) is 2.07. The highest BCUT2D eigenvalue weighted by Gasteiger charge is 2.13. The highest BCUT2D eigenvalue weighted by Crippen LogP contribution is 2.14. The van der Waals surface area contributed by atoms with Gasteiger partial charge < -0.3 is 11.5 Å². The van der Waals surface area contributed by atoms with Crippen LogP contribution in [-0.4, -0.2) is 32.4 Å². The third-order valence-electron chi connectivity index (χ3n) is 2.39. The van der Waals surface area contributed by atoms with Gasteiger partial charge in [0.25, 0.3) is 0 Å². The Hall–Kier alpha value is -1.92. The van der Waals surface area contributed by atoms with Crippen LogP contribution in [-0.2, 0) is 0 Å². The molecule has 0 saturated heterocycles. The van der Waals surface area contributed by atoms with Crippen LogP contribution in [0.5, 0.6) is 0 Å². The quantitative estimate of drug-likeness (QED) is 0.722. The first-order chi connectivity index (χ1) is 7.19. The van der Waals surface area contributed by atoms with Crippen molar-refractivity contribution in [2.45, 2.75) is 13.8 Å². The normalized spacial score (nSPS) is 11.1. The summed E-state index contributed by atoms with van der Waals surface area (Å²) in [5.41, 5.74) is 12.0. The van der Waals surface area contributed by atoms with Crippen LogP contribution < -0.4 is 16.5 Å². The minimum absolute atomic E-state index is 0.354. The number of nitrogens with two attached hydrogens (primary N) is 2. The molecule has 0 radical (unpaired) electrons. The van der Waals surface area contributed by atoms with E-state index < -0.39 is 0 Å². The lowest BCUT2D eigenvalue weighted by Crippen LogP contribution is -2.36. The second-order valence-electron chi connectivity index (χ2n) is 3.19. The van der Waals surface area contributed by atoms with Crippen molar-refractivity contribution in [2.24, 2.45) is 0 Å². The lowest BCUT2D eigenvalue weighted by Gasteiger charge is -2.22. The van der Waals surface area contributed by atoms with Gasteiger partial charge in [-0.05, 0) is 13.8 Å². The van der Waals surface area contributed by atoms with Crippen LogP contribution in [0.1, 0.15) is 13.8 Å². The summed E-state index contributed by atoms with van der Waals surface area (Å²) in [5.74, 6) is 0.713. The molecule has 0 fully saturated rings. The molecule has 0 aliphatic rings. The Morgan fingerprint density at radius 1 is 1.33 bits per heavy atom. The van der Waals surface area contributed by atoms with Crippen molar-refractivity contribution in [1.29, 1.82) is 0 Å². The number of hydrogen-bond donors (Lipinski definition) is 2. The van der Waals surface area contributed by atoms with Gasteiger partial charge in [-0.15, -0.1) is 0 Å². The molecule has 0 aliphatic carbocycles. The van der Waals surface area contributed by atoms with E-state index in [2.05, 4.69) is 28.8 Å². The van der Waals surface area contributed by atoms with Crippen LogP contribution in [0.3, 0.4) is 0 Å². The van der Waals surface area contributed by atoms with Crippen LogP contribution in [0.2, 0.25) is 0 Å². The molecule has 82 valence electrons. The third kappa shape index (κ3) is 1.27. The summed E-state index contributed by atoms with van der Waals surface area (Å²) >= 11 is 0. The average Bonchev–Trinajstić information content (AvgIpc) is 2.74. The van der Waals surface area contributed by atoms with Crippen molar-refractivity contribution in [3.05, 3.63) is 6.33 Å². The molecule has 0 atom stereocenters. The maximum atomic E-state index is 5.75. The Kier molecular flexibility index (Phi) is 2.14. The number of fused-ring (bicyclic) bond motifs is 1. The molecule has 2 aromatic rings. The van der Waals surface area contributed by atoms with Crippen molar-refractivity contribution >= 4 is 17.4 Å². The topological polar surface area (TPSA) is 90.4 Å². The first kappa shape index (κ1) is 9.63. The van der Waals surface area contributed by atoms with Crippen molar-refractivity contribution in [3.8, 4) is 0 Å². The summed E-state index contributed by atoms with van der Waals surface area (Å²) in [6.45, 7) is 5.84. The molecule has 0 aromatic carbocycles. The van der Waals surface area contributed by atoms with Gasteiger partial charge in [-0.25, -0.2) is 4.98 Å². The summed E-state index contributed by atoms with van der Waals surface area (Å²) in [6.07, 6.45) is 1.69. The summed E-state index contributed by atoms with van der Waals surface area (Å²) in [6, 6.07) is 0. The van der Waals surface area contributed by atoms with E-state index in [1.54, 1.807) is 10.8 Å². The van der Waals surface area contributed by atoms with Crippen LogP contribution in [0, 0.1) is 0 Å². The second kappa shape index (κ2) is 3.34. The average molecular weight is 209 g/mol. The number of rotatable bonds is 3. The molecule has 0 bridgehead atoms. The first-order valence-corrected chi connectivity index (χ1v) is 4.91. The monoisotopic (exact) mass is 209 g/mol. The number of anilines is 2. The van der Waals surface area contributed by atoms with Gasteiger partial charge in [0.15, 0.2) is 5.82 Å². The molecule has 0 saturated carbocycles. The van der Waals surface area contributed by atoms with E-state index in [1.165, 1.54) is 0 Å². The lowest BCUT2D eigenvalue weighted by molar-refractivity contribution is 0.531. The fourth-order valence-corrected chi connectivity index (χ4v) is 1.63. The van der Waals surface area contributed by atoms with Crippen LogP contribution in [0.25, 0.3) is 5.65 Å². The second-order valence-corrected chi connectivity index (χ2v) is 3.19. The largest absolute Gasteiger partial charge is 0.380 e. The van der Waals surface area contributed by atoms with E-state index in [0.29, 0.717) is 17.4 Å². The molecular weight excluding hydrogens is 194 g/mol. The van der Waals surface area contributed by atoms with Crippen molar-refractivity contribution in [3.63, 3.8) is 0 Å². The predicted molar refractivity (Wildman–Crippen MR) is 59.1 cm³/mol. The molecular formula is C8H15N7. The Bertz CT molecular complexity index is 464.